The Kier molecular flexibility index (Phi) is 5.50. The third-order valence-electron chi connectivity index (χ3n) is 2.16. The van der Waals surface area contributed by atoms with Gasteiger partial charge in [-0.3, -0.25) is 0 Å². The van der Waals surface area contributed by atoms with E-state index in [0.717, 1.165) is 0 Å². The van der Waals surface area contributed by atoms with Crippen molar-refractivity contribution in [2.45, 2.75) is 53.1 Å². The molecule has 0 atom stereocenters. The minimum atomic E-state index is 0.274. The Balaban J connectivity index is 2.50. The molecule has 0 aliphatic carbocycles. The van der Waals surface area contributed by atoms with Crippen LogP contribution in [-0.2, 0) is 22.7 Å². The molecule has 1 aromatic rings. The van der Waals surface area contributed by atoms with Gasteiger partial charge in [0.1, 0.15) is 0 Å². The van der Waals surface area contributed by atoms with Crippen LogP contribution in [-0.4, -0.2) is 12.2 Å². The molecule has 0 saturated carbocycles. The lowest BCUT2D eigenvalue weighted by molar-refractivity contribution is 0.0625. The van der Waals surface area contributed by atoms with E-state index in [1.54, 1.807) is 0 Å². The van der Waals surface area contributed by atoms with E-state index < -0.39 is 0 Å². The first-order valence-electron chi connectivity index (χ1n) is 5.89. The average molecular weight is 222 g/mol. The Bertz CT molecular complexity index is 278. The zero-order valence-electron chi connectivity index (χ0n) is 10.7. The van der Waals surface area contributed by atoms with Gasteiger partial charge in [0.15, 0.2) is 0 Å². The molecule has 0 heterocycles. The summed E-state index contributed by atoms with van der Waals surface area (Å²) in [4.78, 5) is 0. The molecular formula is C14H22O2. The van der Waals surface area contributed by atoms with Crippen molar-refractivity contribution < 1.29 is 9.47 Å². The number of ether oxygens (including phenoxy) is 2. The van der Waals surface area contributed by atoms with Crippen LogP contribution in [0.3, 0.4) is 0 Å². The first-order chi connectivity index (χ1) is 7.58. The smallest absolute Gasteiger partial charge is 0.0720 e. The fourth-order valence-corrected chi connectivity index (χ4v) is 1.34. The summed E-state index contributed by atoms with van der Waals surface area (Å²) in [6, 6.07) is 8.37. The molecule has 0 fully saturated rings. The van der Waals surface area contributed by atoms with Crippen LogP contribution in [0, 0.1) is 0 Å². The number of rotatable bonds is 6. The molecule has 16 heavy (non-hydrogen) atoms. The van der Waals surface area contributed by atoms with Crippen molar-refractivity contribution in [3.63, 3.8) is 0 Å². The summed E-state index contributed by atoms with van der Waals surface area (Å²) in [6.07, 6.45) is 0.547. The van der Waals surface area contributed by atoms with Crippen molar-refractivity contribution >= 4 is 0 Å². The van der Waals surface area contributed by atoms with Gasteiger partial charge in [0, 0.05) is 0 Å². The third kappa shape index (κ3) is 5.29. The van der Waals surface area contributed by atoms with E-state index >= 15 is 0 Å². The van der Waals surface area contributed by atoms with Gasteiger partial charge in [-0.2, -0.15) is 0 Å². The molecule has 0 amide bonds. The molecule has 90 valence electrons. The quantitative estimate of drug-likeness (QED) is 0.733. The van der Waals surface area contributed by atoms with Gasteiger partial charge < -0.3 is 9.47 Å². The second-order valence-corrected chi connectivity index (χ2v) is 4.54. The van der Waals surface area contributed by atoms with E-state index in [9.17, 15) is 0 Å². The van der Waals surface area contributed by atoms with E-state index in [2.05, 4.69) is 24.3 Å². The molecule has 0 aliphatic rings. The topological polar surface area (TPSA) is 18.5 Å². The highest BCUT2D eigenvalue weighted by atomic mass is 16.5. The van der Waals surface area contributed by atoms with Crippen molar-refractivity contribution in [3.05, 3.63) is 35.4 Å². The van der Waals surface area contributed by atoms with Crippen LogP contribution in [0.15, 0.2) is 24.3 Å². The number of hydrogen-bond acceptors (Lipinski definition) is 2. The molecule has 1 rings (SSSR count). The Morgan fingerprint density at radius 2 is 1.31 bits per heavy atom. The Morgan fingerprint density at radius 3 is 1.69 bits per heavy atom. The SMILES string of the molecule is CC(C)OCc1cccc(COC(C)C)c1. The van der Waals surface area contributed by atoms with Crippen LogP contribution in [0.1, 0.15) is 38.8 Å². The Labute approximate surface area is 98.6 Å². The highest BCUT2D eigenvalue weighted by Crippen LogP contribution is 2.09. The predicted octanol–water partition coefficient (Wildman–Crippen LogP) is 3.54. The van der Waals surface area contributed by atoms with Gasteiger partial charge >= 0.3 is 0 Å². The number of benzene rings is 1. The maximum absolute atomic E-state index is 5.57. The van der Waals surface area contributed by atoms with Gasteiger partial charge in [-0.1, -0.05) is 24.3 Å². The molecule has 0 spiro atoms. The normalized spacial score (nSPS) is 11.4. The molecule has 2 heteroatoms. The lowest BCUT2D eigenvalue weighted by Crippen LogP contribution is -2.04. The fraction of sp³-hybridized carbons (Fsp3) is 0.571. The van der Waals surface area contributed by atoms with Crippen LogP contribution in [0.4, 0.5) is 0 Å². The number of hydrogen-bond donors (Lipinski definition) is 0. The van der Waals surface area contributed by atoms with Gasteiger partial charge in [0.05, 0.1) is 25.4 Å². The summed E-state index contributed by atoms with van der Waals surface area (Å²) in [7, 11) is 0. The van der Waals surface area contributed by atoms with Crippen LogP contribution in [0.2, 0.25) is 0 Å². The van der Waals surface area contributed by atoms with Crippen LogP contribution in [0.5, 0.6) is 0 Å². The van der Waals surface area contributed by atoms with Gasteiger partial charge in [-0.05, 0) is 38.8 Å². The summed E-state index contributed by atoms with van der Waals surface area (Å²) < 4.78 is 11.1. The van der Waals surface area contributed by atoms with E-state index in [1.807, 2.05) is 27.7 Å². The van der Waals surface area contributed by atoms with E-state index in [1.165, 1.54) is 11.1 Å². The van der Waals surface area contributed by atoms with Crippen molar-refractivity contribution in [1.29, 1.82) is 0 Å². The molecule has 0 aromatic heterocycles. The summed E-state index contributed by atoms with van der Waals surface area (Å²) >= 11 is 0. The first-order valence-corrected chi connectivity index (χ1v) is 5.89. The lowest BCUT2D eigenvalue weighted by Gasteiger charge is -2.10. The lowest BCUT2D eigenvalue weighted by atomic mass is 10.1. The van der Waals surface area contributed by atoms with Crippen LogP contribution in [0.25, 0.3) is 0 Å². The summed E-state index contributed by atoms with van der Waals surface area (Å²) in [5.41, 5.74) is 2.41. The maximum Gasteiger partial charge on any atom is 0.0720 e. The molecule has 0 N–H and O–H groups in total. The van der Waals surface area contributed by atoms with Crippen molar-refractivity contribution in [1.82, 2.24) is 0 Å². The summed E-state index contributed by atoms with van der Waals surface area (Å²) in [6.45, 7) is 9.54. The van der Waals surface area contributed by atoms with Crippen molar-refractivity contribution in [2.24, 2.45) is 0 Å². The Morgan fingerprint density at radius 1 is 0.875 bits per heavy atom. The highest BCUT2D eigenvalue weighted by molar-refractivity contribution is 5.22. The second kappa shape index (κ2) is 6.66. The molecule has 2 nitrogen and oxygen atoms in total. The van der Waals surface area contributed by atoms with Crippen molar-refractivity contribution in [3.8, 4) is 0 Å². The van der Waals surface area contributed by atoms with Crippen molar-refractivity contribution in [2.75, 3.05) is 0 Å². The third-order valence-corrected chi connectivity index (χ3v) is 2.16. The molecule has 0 radical (unpaired) electrons. The Hall–Kier alpha value is -0.860. The minimum absolute atomic E-state index is 0.274. The monoisotopic (exact) mass is 222 g/mol. The van der Waals surface area contributed by atoms with Crippen LogP contribution < -0.4 is 0 Å². The van der Waals surface area contributed by atoms with Gasteiger partial charge in [0.25, 0.3) is 0 Å². The molecule has 1 aromatic carbocycles. The van der Waals surface area contributed by atoms with E-state index in [4.69, 9.17) is 9.47 Å². The summed E-state index contributed by atoms with van der Waals surface area (Å²) in [5, 5.41) is 0. The zero-order chi connectivity index (χ0) is 12.0. The zero-order valence-corrected chi connectivity index (χ0v) is 10.7. The summed E-state index contributed by atoms with van der Waals surface area (Å²) in [5.74, 6) is 0. The van der Waals surface area contributed by atoms with Gasteiger partial charge in [0.2, 0.25) is 0 Å². The van der Waals surface area contributed by atoms with Gasteiger partial charge in [-0.15, -0.1) is 0 Å². The average Bonchev–Trinajstić information content (AvgIpc) is 2.24. The first kappa shape index (κ1) is 13.2. The minimum Gasteiger partial charge on any atom is -0.374 e. The largest absolute Gasteiger partial charge is 0.374 e. The standard InChI is InChI=1S/C14H22O2/c1-11(2)15-9-13-6-5-7-14(8-13)10-16-12(3)4/h5-8,11-12H,9-10H2,1-4H3. The molecule has 0 unspecified atom stereocenters. The molecule has 0 saturated heterocycles. The maximum atomic E-state index is 5.57. The molecule has 0 bridgehead atoms. The van der Waals surface area contributed by atoms with Gasteiger partial charge in [-0.25, -0.2) is 0 Å². The second-order valence-electron chi connectivity index (χ2n) is 4.54. The van der Waals surface area contributed by atoms with E-state index in [0.29, 0.717) is 13.2 Å². The molecular weight excluding hydrogens is 200 g/mol. The molecule has 0 aliphatic heterocycles. The highest BCUT2D eigenvalue weighted by Gasteiger charge is 2.00. The predicted molar refractivity (Wildman–Crippen MR) is 66.3 cm³/mol. The van der Waals surface area contributed by atoms with Crippen LogP contribution >= 0.6 is 0 Å². The fourth-order valence-electron chi connectivity index (χ4n) is 1.34. The van der Waals surface area contributed by atoms with E-state index in [-0.39, 0.29) is 12.2 Å².